The number of rotatable bonds is 14. The van der Waals surface area contributed by atoms with E-state index in [4.69, 9.17) is 5.11 Å². The van der Waals surface area contributed by atoms with E-state index in [1.54, 1.807) is 6.92 Å². The molecule has 1 saturated heterocycles. The van der Waals surface area contributed by atoms with Gasteiger partial charge in [0.2, 0.25) is 23.5 Å². The number of fused-ring (bicyclic) bond motifs is 1. The summed E-state index contributed by atoms with van der Waals surface area (Å²) in [4.78, 5) is 102. The lowest BCUT2D eigenvalue weighted by Crippen LogP contribution is -2.62. The SMILES string of the molecule is CCCC(NC(=O)[C@@H]1[C@H]2CCC[C@H]2CN1C(=O)[C@@H](NC(=O)[C@@H](NC(=O)c1cnccn1)C1CCCCC1)C(C)(C)C)C(=O)C(=O)NCC(=O)O. The van der Waals surface area contributed by atoms with Gasteiger partial charge in [0.05, 0.1) is 12.2 Å². The summed E-state index contributed by atoms with van der Waals surface area (Å²) in [5.74, 6) is -5.71. The highest BCUT2D eigenvalue weighted by Crippen LogP contribution is 2.43. The maximum atomic E-state index is 14.6. The first-order valence-electron chi connectivity index (χ1n) is 17.7. The third-order valence-electron chi connectivity index (χ3n) is 10.2. The molecule has 2 saturated carbocycles. The van der Waals surface area contributed by atoms with Gasteiger partial charge in [-0.25, -0.2) is 4.98 Å². The molecule has 1 unspecified atom stereocenters. The number of carbonyl (C=O) groups is 7. The number of carbonyl (C=O) groups excluding carboxylic acids is 6. The second-order valence-electron chi connectivity index (χ2n) is 14.8. The fourth-order valence-electron chi connectivity index (χ4n) is 7.63. The summed E-state index contributed by atoms with van der Waals surface area (Å²) in [6.45, 7) is 6.80. The van der Waals surface area contributed by atoms with Gasteiger partial charge < -0.3 is 31.3 Å². The summed E-state index contributed by atoms with van der Waals surface area (Å²) in [6.07, 6.45) is 11.5. The van der Waals surface area contributed by atoms with Gasteiger partial charge >= 0.3 is 5.97 Å². The number of likely N-dealkylation sites (tertiary alicyclic amines) is 1. The highest BCUT2D eigenvalue weighted by Gasteiger charge is 2.52. The van der Waals surface area contributed by atoms with Crippen LogP contribution in [0.15, 0.2) is 18.6 Å². The smallest absolute Gasteiger partial charge is 0.322 e. The normalized spacial score (nSPS) is 22.4. The number of amides is 5. The molecule has 6 atom stereocenters. The predicted molar refractivity (Wildman–Crippen MR) is 180 cm³/mol. The highest BCUT2D eigenvalue weighted by molar-refractivity contribution is 6.38. The Hall–Kier alpha value is -4.43. The van der Waals surface area contributed by atoms with E-state index < -0.39 is 77.4 Å². The van der Waals surface area contributed by atoms with Gasteiger partial charge in [-0.05, 0) is 55.3 Å². The van der Waals surface area contributed by atoms with Crippen LogP contribution in [0.1, 0.15) is 102 Å². The lowest BCUT2D eigenvalue weighted by Gasteiger charge is -2.38. The van der Waals surface area contributed by atoms with Crippen molar-refractivity contribution in [3.05, 3.63) is 24.3 Å². The lowest BCUT2D eigenvalue weighted by atomic mass is 9.82. The molecule has 1 aliphatic heterocycles. The fourth-order valence-corrected chi connectivity index (χ4v) is 7.63. The highest BCUT2D eigenvalue weighted by atomic mass is 16.4. The molecule has 15 heteroatoms. The third-order valence-corrected chi connectivity index (χ3v) is 10.2. The molecular weight excluding hydrogens is 646 g/mol. The van der Waals surface area contributed by atoms with Crippen LogP contribution in [-0.4, -0.2) is 98.5 Å². The minimum absolute atomic E-state index is 0.0477. The van der Waals surface area contributed by atoms with E-state index >= 15 is 0 Å². The van der Waals surface area contributed by atoms with Gasteiger partial charge in [0.1, 0.15) is 30.4 Å². The van der Waals surface area contributed by atoms with E-state index in [9.17, 15) is 33.6 Å². The topological polar surface area (TPSA) is 217 Å². The van der Waals surface area contributed by atoms with Crippen molar-refractivity contribution in [3.8, 4) is 0 Å². The molecule has 2 heterocycles. The zero-order valence-electron chi connectivity index (χ0n) is 29.4. The van der Waals surface area contributed by atoms with E-state index in [1.165, 1.54) is 23.5 Å². The molecule has 0 bridgehead atoms. The monoisotopic (exact) mass is 697 g/mol. The molecule has 3 aliphatic rings. The molecular formula is C35H51N7O8. The summed E-state index contributed by atoms with van der Waals surface area (Å²) in [6, 6.07) is -4.12. The Kier molecular flexibility index (Phi) is 13.0. The van der Waals surface area contributed by atoms with Gasteiger partial charge in [0.15, 0.2) is 0 Å². The van der Waals surface area contributed by atoms with E-state index in [1.807, 2.05) is 20.8 Å². The summed E-state index contributed by atoms with van der Waals surface area (Å²) in [7, 11) is 0. The van der Waals surface area contributed by atoms with Gasteiger partial charge in [0.25, 0.3) is 11.8 Å². The van der Waals surface area contributed by atoms with Crippen molar-refractivity contribution < 1.29 is 38.7 Å². The summed E-state index contributed by atoms with van der Waals surface area (Å²) in [5.41, 5.74) is -0.721. The standard InChI is InChI=1S/C35H51N7O8/c1-5-10-23(28(45)33(49)38-18-25(43)44)39-32(48)27-22-14-9-13-21(22)19-42(27)34(50)29(35(2,3)4)41-31(47)26(20-11-7-6-8-12-20)40-30(46)24-17-36-15-16-37-24/h15-17,20-23,26-27,29H,5-14,18-19H2,1-4H3,(H,38,49)(H,39,48)(H,40,46)(H,41,47)(H,43,44)/t21-,22-,23?,26-,27-,29+/m0/s1. The Bertz CT molecular complexity index is 1430. The van der Waals surface area contributed by atoms with Crippen LogP contribution in [0.2, 0.25) is 0 Å². The van der Waals surface area contributed by atoms with E-state index in [-0.39, 0.29) is 29.9 Å². The summed E-state index contributed by atoms with van der Waals surface area (Å²) in [5, 5.41) is 19.5. The second kappa shape index (κ2) is 17.0. The molecule has 2 aliphatic carbocycles. The van der Waals surface area contributed by atoms with Crippen LogP contribution in [0.25, 0.3) is 0 Å². The van der Waals surface area contributed by atoms with Gasteiger partial charge in [-0.1, -0.05) is 59.8 Å². The number of nitrogens with zero attached hydrogens (tertiary/aromatic N) is 3. The number of hydrogen-bond acceptors (Lipinski definition) is 9. The van der Waals surface area contributed by atoms with Crippen molar-refractivity contribution >= 4 is 41.3 Å². The quantitative estimate of drug-likeness (QED) is 0.176. The summed E-state index contributed by atoms with van der Waals surface area (Å²) >= 11 is 0. The van der Waals surface area contributed by atoms with Gasteiger partial charge in [0, 0.05) is 18.9 Å². The maximum Gasteiger partial charge on any atom is 0.322 e. The lowest BCUT2D eigenvalue weighted by molar-refractivity contribution is -0.146. The van der Waals surface area contributed by atoms with Crippen LogP contribution in [0.3, 0.4) is 0 Å². The van der Waals surface area contributed by atoms with Crippen LogP contribution < -0.4 is 21.3 Å². The maximum absolute atomic E-state index is 14.6. The molecule has 274 valence electrons. The van der Waals surface area contributed by atoms with E-state index in [0.717, 1.165) is 44.9 Å². The molecule has 1 aromatic rings. The van der Waals surface area contributed by atoms with Gasteiger partial charge in [-0.15, -0.1) is 0 Å². The van der Waals surface area contributed by atoms with Crippen molar-refractivity contribution in [1.82, 2.24) is 36.1 Å². The zero-order valence-corrected chi connectivity index (χ0v) is 29.4. The number of ketones is 1. The van der Waals surface area contributed by atoms with Crippen molar-refractivity contribution in [2.75, 3.05) is 13.1 Å². The molecule has 0 radical (unpaired) electrons. The molecule has 5 amide bonds. The molecule has 5 N–H and O–H groups in total. The average molecular weight is 698 g/mol. The van der Waals surface area contributed by atoms with Crippen molar-refractivity contribution in [3.63, 3.8) is 0 Å². The molecule has 0 aromatic carbocycles. The van der Waals surface area contributed by atoms with Crippen LogP contribution in [0.5, 0.6) is 0 Å². The zero-order chi connectivity index (χ0) is 36.6. The van der Waals surface area contributed by atoms with Crippen LogP contribution >= 0.6 is 0 Å². The second-order valence-corrected chi connectivity index (χ2v) is 14.8. The number of nitrogens with one attached hydrogen (secondary N) is 4. The molecule has 3 fully saturated rings. The first-order valence-corrected chi connectivity index (χ1v) is 17.7. The van der Waals surface area contributed by atoms with Crippen molar-refractivity contribution in [2.24, 2.45) is 23.2 Å². The number of Topliss-reactive ketones (excluding diaryl/α,β-unsaturated/α-hetero) is 1. The molecule has 0 spiro atoms. The Morgan fingerprint density at radius 3 is 2.28 bits per heavy atom. The van der Waals surface area contributed by atoms with E-state index in [0.29, 0.717) is 19.4 Å². The van der Waals surface area contributed by atoms with E-state index in [2.05, 4.69) is 31.2 Å². The Balaban J connectivity index is 1.57. The molecule has 4 rings (SSSR count). The van der Waals surface area contributed by atoms with Crippen LogP contribution in [0.4, 0.5) is 0 Å². The molecule has 1 aromatic heterocycles. The number of carboxylic acids is 1. The molecule has 50 heavy (non-hydrogen) atoms. The van der Waals surface area contributed by atoms with Crippen LogP contribution in [0, 0.1) is 23.2 Å². The molecule has 15 nitrogen and oxygen atoms in total. The van der Waals surface area contributed by atoms with Crippen molar-refractivity contribution in [2.45, 2.75) is 116 Å². The third kappa shape index (κ3) is 9.42. The Morgan fingerprint density at radius 2 is 1.66 bits per heavy atom. The largest absolute Gasteiger partial charge is 0.480 e. The fraction of sp³-hybridized carbons (Fsp3) is 0.686. The summed E-state index contributed by atoms with van der Waals surface area (Å²) < 4.78 is 0. The van der Waals surface area contributed by atoms with Gasteiger partial charge in [-0.3, -0.25) is 38.5 Å². The Labute approximate surface area is 292 Å². The van der Waals surface area contributed by atoms with Crippen molar-refractivity contribution in [1.29, 1.82) is 0 Å². The Morgan fingerprint density at radius 1 is 0.940 bits per heavy atom. The average Bonchev–Trinajstić information content (AvgIpc) is 3.69. The predicted octanol–water partition coefficient (Wildman–Crippen LogP) is 1.37. The number of aliphatic carboxylic acids is 1. The van der Waals surface area contributed by atoms with Gasteiger partial charge in [-0.2, -0.15) is 0 Å². The first-order chi connectivity index (χ1) is 23.7. The number of hydrogen-bond donors (Lipinski definition) is 5. The first kappa shape index (κ1) is 38.4. The minimum atomic E-state index is -1.31. The number of carboxylic acid groups (broad SMARTS) is 1. The minimum Gasteiger partial charge on any atom is -0.480 e. The number of aromatic nitrogens is 2. The van der Waals surface area contributed by atoms with Crippen LogP contribution in [-0.2, 0) is 28.8 Å².